The van der Waals surface area contributed by atoms with Crippen LogP contribution in [0.15, 0.2) is 18.2 Å². The first kappa shape index (κ1) is 14.2. The van der Waals surface area contributed by atoms with E-state index in [0.717, 1.165) is 5.25 Å². The Bertz CT molecular complexity index is 399. The van der Waals surface area contributed by atoms with Gasteiger partial charge in [-0.1, -0.05) is 30.7 Å². The van der Waals surface area contributed by atoms with E-state index >= 15 is 0 Å². The van der Waals surface area contributed by atoms with Crippen molar-refractivity contribution < 1.29 is 4.39 Å². The number of halogens is 2. The molecule has 1 fully saturated rings. The van der Waals surface area contributed by atoms with Crippen LogP contribution in [0.4, 0.5) is 4.39 Å². The molecule has 0 bridgehead atoms. The lowest BCUT2D eigenvalue weighted by Crippen LogP contribution is -2.26. The second-order valence-electron chi connectivity index (χ2n) is 4.68. The van der Waals surface area contributed by atoms with Gasteiger partial charge in [0.15, 0.2) is 0 Å². The van der Waals surface area contributed by atoms with Crippen LogP contribution in [0.5, 0.6) is 0 Å². The molecule has 4 heteroatoms. The molecule has 100 valence electrons. The van der Waals surface area contributed by atoms with Crippen molar-refractivity contribution in [2.75, 3.05) is 5.75 Å². The van der Waals surface area contributed by atoms with Gasteiger partial charge in [0.25, 0.3) is 0 Å². The molecule has 1 aromatic carbocycles. The Kier molecular flexibility index (Phi) is 5.34. The van der Waals surface area contributed by atoms with Crippen molar-refractivity contribution in [3.05, 3.63) is 34.6 Å². The van der Waals surface area contributed by atoms with E-state index in [4.69, 9.17) is 11.6 Å². The highest BCUT2D eigenvalue weighted by Crippen LogP contribution is 2.30. The summed E-state index contributed by atoms with van der Waals surface area (Å²) in [5.41, 5.74) is 0.661. The topological polar surface area (TPSA) is 12.0 Å². The van der Waals surface area contributed by atoms with E-state index in [1.165, 1.54) is 25.0 Å². The zero-order valence-corrected chi connectivity index (χ0v) is 12.2. The van der Waals surface area contributed by atoms with Gasteiger partial charge in [-0.25, -0.2) is 4.39 Å². The molecule has 0 heterocycles. The van der Waals surface area contributed by atoms with Crippen molar-refractivity contribution in [2.24, 2.45) is 0 Å². The molecule has 0 radical (unpaired) electrons. The third-order valence-electron chi connectivity index (χ3n) is 3.40. The number of hydrogen-bond donors (Lipinski definition) is 1. The van der Waals surface area contributed by atoms with Crippen molar-refractivity contribution in [1.29, 1.82) is 0 Å². The maximum atomic E-state index is 13.7. The van der Waals surface area contributed by atoms with Gasteiger partial charge in [-0.2, -0.15) is 11.8 Å². The maximum absolute atomic E-state index is 13.7. The second-order valence-corrected chi connectivity index (χ2v) is 6.67. The average molecular weight is 288 g/mol. The second kappa shape index (κ2) is 6.78. The van der Waals surface area contributed by atoms with Gasteiger partial charge in [0.05, 0.1) is 5.02 Å². The van der Waals surface area contributed by atoms with Crippen LogP contribution in [0.3, 0.4) is 0 Å². The molecule has 0 aliphatic heterocycles. The Morgan fingerprint density at radius 2 is 2.28 bits per heavy atom. The van der Waals surface area contributed by atoms with Crippen LogP contribution in [0.2, 0.25) is 5.02 Å². The third kappa shape index (κ3) is 3.62. The molecule has 1 aliphatic rings. The van der Waals surface area contributed by atoms with Crippen LogP contribution in [0, 0.1) is 5.82 Å². The molecule has 0 saturated heterocycles. The minimum Gasteiger partial charge on any atom is -0.310 e. The summed E-state index contributed by atoms with van der Waals surface area (Å²) in [6, 6.07) is 5.70. The van der Waals surface area contributed by atoms with Crippen molar-refractivity contribution >= 4 is 23.4 Å². The van der Waals surface area contributed by atoms with Gasteiger partial charge in [-0.3, -0.25) is 0 Å². The van der Waals surface area contributed by atoms with E-state index < -0.39 is 0 Å². The monoisotopic (exact) mass is 287 g/mol. The van der Waals surface area contributed by atoms with E-state index in [1.807, 2.05) is 11.8 Å². The quantitative estimate of drug-likeness (QED) is 0.869. The summed E-state index contributed by atoms with van der Waals surface area (Å²) in [6.45, 7) is 2.77. The fourth-order valence-corrected chi connectivity index (χ4v) is 3.79. The molecule has 18 heavy (non-hydrogen) atoms. The zero-order chi connectivity index (χ0) is 13.0. The normalized spacial score (nSPS) is 23.5. The molecule has 2 rings (SSSR count). The summed E-state index contributed by atoms with van der Waals surface area (Å²) >= 11 is 7.80. The zero-order valence-electron chi connectivity index (χ0n) is 10.6. The van der Waals surface area contributed by atoms with Crippen molar-refractivity contribution in [3.8, 4) is 0 Å². The molecular formula is C14H19ClFNS. The molecular weight excluding hydrogens is 269 g/mol. The molecule has 1 saturated carbocycles. The van der Waals surface area contributed by atoms with E-state index in [9.17, 15) is 4.39 Å². The molecule has 1 nitrogen and oxygen atoms in total. The number of thioether (sulfide) groups is 1. The summed E-state index contributed by atoms with van der Waals surface area (Å²) in [5.74, 6) is 0.893. The summed E-state index contributed by atoms with van der Waals surface area (Å²) in [6.07, 6.45) is 3.66. The first-order valence-corrected chi connectivity index (χ1v) is 7.91. The molecule has 0 spiro atoms. The highest BCUT2D eigenvalue weighted by atomic mass is 35.5. The van der Waals surface area contributed by atoms with Crippen molar-refractivity contribution in [3.63, 3.8) is 0 Å². The van der Waals surface area contributed by atoms with Gasteiger partial charge >= 0.3 is 0 Å². The predicted octanol–water partition coefficient (Wildman–Crippen LogP) is 4.24. The fraction of sp³-hybridized carbons (Fsp3) is 0.571. The lowest BCUT2D eigenvalue weighted by molar-refractivity contribution is 0.509. The van der Waals surface area contributed by atoms with Gasteiger partial charge in [0.1, 0.15) is 5.82 Å². The van der Waals surface area contributed by atoms with Gasteiger partial charge < -0.3 is 5.32 Å². The highest BCUT2D eigenvalue weighted by molar-refractivity contribution is 7.99. The molecule has 0 aromatic heterocycles. The summed E-state index contributed by atoms with van der Waals surface area (Å²) < 4.78 is 13.7. The van der Waals surface area contributed by atoms with Crippen LogP contribution >= 0.6 is 23.4 Å². The third-order valence-corrected chi connectivity index (χ3v) is 4.92. The fourth-order valence-electron chi connectivity index (χ4n) is 2.45. The minimum absolute atomic E-state index is 0.208. The predicted molar refractivity (Wildman–Crippen MR) is 77.8 cm³/mol. The summed E-state index contributed by atoms with van der Waals surface area (Å²) in [7, 11) is 0. The molecule has 1 N–H and O–H groups in total. The molecule has 2 atom stereocenters. The highest BCUT2D eigenvalue weighted by Gasteiger charge is 2.24. The van der Waals surface area contributed by atoms with Gasteiger partial charge in [0.2, 0.25) is 0 Å². The lowest BCUT2D eigenvalue weighted by Gasteiger charge is -2.13. The Hall–Kier alpha value is -0.250. The number of nitrogens with one attached hydrogen (secondary N) is 1. The number of hydrogen-bond acceptors (Lipinski definition) is 2. The summed E-state index contributed by atoms with van der Waals surface area (Å²) in [5, 5.41) is 4.43. The molecule has 2 unspecified atom stereocenters. The Labute approximate surface area is 117 Å². The Morgan fingerprint density at radius 3 is 3.06 bits per heavy atom. The van der Waals surface area contributed by atoms with Gasteiger partial charge in [0, 0.05) is 23.4 Å². The Morgan fingerprint density at radius 1 is 1.44 bits per heavy atom. The minimum atomic E-state index is -0.288. The largest absolute Gasteiger partial charge is 0.310 e. The SMILES string of the molecule is CCSC1CCC(NCc2cccc(Cl)c2F)C1. The average Bonchev–Trinajstić information content (AvgIpc) is 2.79. The molecule has 1 aliphatic carbocycles. The maximum Gasteiger partial charge on any atom is 0.146 e. The lowest BCUT2D eigenvalue weighted by atomic mass is 10.2. The van der Waals surface area contributed by atoms with E-state index in [-0.39, 0.29) is 10.8 Å². The Balaban J connectivity index is 1.83. The first-order chi connectivity index (χ1) is 8.70. The number of rotatable bonds is 5. The van der Waals surface area contributed by atoms with Crippen LogP contribution < -0.4 is 5.32 Å². The van der Waals surface area contributed by atoms with Crippen LogP contribution in [0.1, 0.15) is 31.7 Å². The van der Waals surface area contributed by atoms with Crippen molar-refractivity contribution in [2.45, 2.75) is 44.0 Å². The van der Waals surface area contributed by atoms with E-state index in [0.29, 0.717) is 18.2 Å². The van der Waals surface area contributed by atoms with Gasteiger partial charge in [-0.05, 0) is 31.1 Å². The smallest absolute Gasteiger partial charge is 0.146 e. The summed E-state index contributed by atoms with van der Waals surface area (Å²) in [4.78, 5) is 0. The number of benzene rings is 1. The van der Waals surface area contributed by atoms with Gasteiger partial charge in [-0.15, -0.1) is 0 Å². The molecule has 0 amide bonds. The van der Waals surface area contributed by atoms with E-state index in [2.05, 4.69) is 12.2 Å². The standard InChI is InChI=1S/C14H19ClFNS/c1-2-18-12-7-6-11(8-12)17-9-10-4-3-5-13(15)14(10)16/h3-5,11-12,17H,2,6-9H2,1H3. The van der Waals surface area contributed by atoms with E-state index in [1.54, 1.807) is 18.2 Å². The molecule has 1 aromatic rings. The van der Waals surface area contributed by atoms with Crippen LogP contribution in [0.25, 0.3) is 0 Å². The first-order valence-electron chi connectivity index (χ1n) is 6.48. The van der Waals surface area contributed by atoms with Crippen LogP contribution in [-0.2, 0) is 6.54 Å². The van der Waals surface area contributed by atoms with Crippen LogP contribution in [-0.4, -0.2) is 17.0 Å². The van der Waals surface area contributed by atoms with Crippen molar-refractivity contribution in [1.82, 2.24) is 5.32 Å².